The molecule has 1 rings (SSSR count). The van der Waals surface area contributed by atoms with Crippen LogP contribution >= 0.6 is 0 Å². The monoisotopic (exact) mass is 246 g/mol. The molecule has 17 heavy (non-hydrogen) atoms. The number of alkyl halides is 3. The highest BCUT2D eigenvalue weighted by atomic mass is 19.4. The van der Waals surface area contributed by atoms with Crippen molar-refractivity contribution in [3.05, 3.63) is 17.3 Å². The van der Waals surface area contributed by atoms with Gasteiger partial charge in [0.05, 0.1) is 18.2 Å². The Morgan fingerprint density at radius 2 is 2.12 bits per heavy atom. The van der Waals surface area contributed by atoms with Gasteiger partial charge >= 0.3 is 6.36 Å². The third-order valence-electron chi connectivity index (χ3n) is 1.86. The van der Waals surface area contributed by atoms with E-state index in [4.69, 9.17) is 16.7 Å². The van der Waals surface area contributed by atoms with E-state index >= 15 is 0 Å². The molecule has 0 radical (unpaired) electrons. The van der Waals surface area contributed by atoms with Crippen LogP contribution in [0.2, 0.25) is 0 Å². The zero-order valence-corrected chi connectivity index (χ0v) is 8.58. The lowest BCUT2D eigenvalue weighted by Gasteiger charge is -2.14. The van der Waals surface area contributed by atoms with Crippen molar-refractivity contribution in [3.8, 4) is 11.8 Å². The molecule has 0 aliphatic heterocycles. The summed E-state index contributed by atoms with van der Waals surface area (Å²) in [4.78, 5) is 3.76. The molecule has 0 unspecified atom stereocenters. The van der Waals surface area contributed by atoms with Crippen LogP contribution in [0.5, 0.6) is 5.75 Å². The number of halogens is 3. The Kier molecular flexibility index (Phi) is 3.75. The summed E-state index contributed by atoms with van der Waals surface area (Å²) < 4.78 is 40.2. The third kappa shape index (κ3) is 3.49. The van der Waals surface area contributed by atoms with Crippen LogP contribution in [0.15, 0.2) is 6.07 Å². The van der Waals surface area contributed by atoms with Crippen molar-refractivity contribution < 1.29 is 17.9 Å². The van der Waals surface area contributed by atoms with E-state index in [9.17, 15) is 13.2 Å². The highest BCUT2D eigenvalue weighted by Gasteiger charge is 2.32. The number of ether oxygens (including phenoxy) is 1. The second-order valence-corrected chi connectivity index (χ2v) is 3.06. The number of nitriles is 1. The molecule has 8 heteroatoms. The second-order valence-electron chi connectivity index (χ2n) is 3.06. The van der Waals surface area contributed by atoms with Gasteiger partial charge in [-0.2, -0.15) is 5.26 Å². The van der Waals surface area contributed by atoms with Crippen LogP contribution in [-0.2, 0) is 13.0 Å². The molecule has 92 valence electrons. The fraction of sp³-hybridized carbons (Fsp3) is 0.333. The van der Waals surface area contributed by atoms with Crippen molar-refractivity contribution in [2.45, 2.75) is 19.3 Å². The fourth-order valence-corrected chi connectivity index (χ4v) is 1.27. The number of rotatable bonds is 3. The van der Waals surface area contributed by atoms with Crippen LogP contribution in [-0.4, -0.2) is 11.3 Å². The van der Waals surface area contributed by atoms with Crippen LogP contribution in [0.25, 0.3) is 0 Å². The highest BCUT2D eigenvalue weighted by molar-refractivity contribution is 5.47. The number of aromatic nitrogens is 1. The summed E-state index contributed by atoms with van der Waals surface area (Å²) in [5.74, 6) is -0.682. The molecule has 0 fully saturated rings. The van der Waals surface area contributed by atoms with E-state index in [-0.39, 0.29) is 30.0 Å². The number of pyridine rings is 1. The first-order valence-corrected chi connectivity index (χ1v) is 4.48. The van der Waals surface area contributed by atoms with Gasteiger partial charge in [-0.3, -0.25) is 0 Å². The number of nitrogen functional groups attached to an aromatic ring is 1. The van der Waals surface area contributed by atoms with E-state index in [2.05, 4.69) is 9.72 Å². The number of anilines is 1. The first-order valence-electron chi connectivity index (χ1n) is 4.48. The molecule has 1 aromatic rings. The minimum atomic E-state index is -4.86. The van der Waals surface area contributed by atoms with Gasteiger partial charge in [-0.15, -0.1) is 13.2 Å². The van der Waals surface area contributed by atoms with Crippen molar-refractivity contribution >= 4 is 5.82 Å². The van der Waals surface area contributed by atoms with Gasteiger partial charge < -0.3 is 16.2 Å². The van der Waals surface area contributed by atoms with Gasteiger partial charge in [0.15, 0.2) is 0 Å². The molecule has 0 amide bonds. The molecule has 0 bridgehead atoms. The molecule has 0 atom stereocenters. The van der Waals surface area contributed by atoms with Crippen LogP contribution in [0.4, 0.5) is 19.0 Å². The summed E-state index contributed by atoms with van der Waals surface area (Å²) in [6.07, 6.45) is -5.14. The van der Waals surface area contributed by atoms with Gasteiger partial charge in [0.25, 0.3) is 0 Å². The zero-order valence-electron chi connectivity index (χ0n) is 8.58. The van der Waals surface area contributed by atoms with Crippen molar-refractivity contribution in [3.63, 3.8) is 0 Å². The largest absolute Gasteiger partial charge is 0.573 e. The summed E-state index contributed by atoms with van der Waals surface area (Å²) in [7, 11) is 0. The smallest absolute Gasteiger partial charge is 0.405 e. The molecule has 1 aromatic heterocycles. The third-order valence-corrected chi connectivity index (χ3v) is 1.86. The molecule has 0 saturated heterocycles. The fourth-order valence-electron chi connectivity index (χ4n) is 1.27. The van der Waals surface area contributed by atoms with Gasteiger partial charge in [0, 0.05) is 18.2 Å². The average Bonchev–Trinajstić information content (AvgIpc) is 2.19. The van der Waals surface area contributed by atoms with Crippen molar-refractivity contribution in [2.75, 3.05) is 5.73 Å². The molecule has 0 saturated carbocycles. The van der Waals surface area contributed by atoms with Crippen LogP contribution in [0, 0.1) is 11.3 Å². The topological polar surface area (TPSA) is 97.9 Å². The molecule has 0 aliphatic carbocycles. The van der Waals surface area contributed by atoms with Gasteiger partial charge in [0.2, 0.25) is 0 Å². The lowest BCUT2D eigenvalue weighted by atomic mass is 10.1. The van der Waals surface area contributed by atoms with Gasteiger partial charge in [-0.1, -0.05) is 0 Å². The quantitative estimate of drug-likeness (QED) is 0.831. The Labute approximate surface area is 94.8 Å². The first kappa shape index (κ1) is 13.1. The summed E-state index contributed by atoms with van der Waals surface area (Å²) in [5, 5.41) is 8.55. The molecule has 4 N–H and O–H groups in total. The normalized spacial score (nSPS) is 11.0. The lowest BCUT2D eigenvalue weighted by molar-refractivity contribution is -0.274. The predicted octanol–water partition coefficient (Wildman–Crippen LogP) is 1.09. The summed E-state index contributed by atoms with van der Waals surface area (Å²) in [5.41, 5.74) is 10.8. The molecule has 5 nitrogen and oxygen atoms in total. The zero-order chi connectivity index (χ0) is 13.1. The molecular weight excluding hydrogens is 237 g/mol. The molecule has 0 aromatic carbocycles. The predicted molar refractivity (Wildman–Crippen MR) is 52.5 cm³/mol. The molecule has 1 heterocycles. The van der Waals surface area contributed by atoms with E-state index in [0.717, 1.165) is 6.07 Å². The Morgan fingerprint density at radius 3 is 2.59 bits per heavy atom. The van der Waals surface area contributed by atoms with Crippen molar-refractivity contribution in [1.82, 2.24) is 4.98 Å². The Hall–Kier alpha value is -2.01. The number of hydrogen-bond donors (Lipinski definition) is 2. The van der Waals surface area contributed by atoms with Crippen LogP contribution in [0.1, 0.15) is 11.3 Å². The van der Waals surface area contributed by atoms with E-state index in [0.29, 0.717) is 0 Å². The Balaban J connectivity index is 3.26. The standard InChI is InChI=1S/C9H9F3N4O/c10-9(11,12)17-7-3-8(15)16-6(4-14)5(7)1-2-13/h3H,1,4,14H2,(H2,15,16). The molecule has 0 spiro atoms. The number of hydrogen-bond acceptors (Lipinski definition) is 5. The molecule has 0 aliphatic rings. The second kappa shape index (κ2) is 4.88. The summed E-state index contributed by atoms with van der Waals surface area (Å²) in [6.45, 7) is -0.129. The minimum absolute atomic E-state index is 0.00141. The minimum Gasteiger partial charge on any atom is -0.405 e. The van der Waals surface area contributed by atoms with Crippen molar-refractivity contribution in [2.24, 2.45) is 5.73 Å². The van der Waals surface area contributed by atoms with E-state index in [1.54, 1.807) is 6.07 Å². The maximum absolute atomic E-state index is 12.1. The highest BCUT2D eigenvalue weighted by Crippen LogP contribution is 2.29. The van der Waals surface area contributed by atoms with E-state index in [1.165, 1.54) is 0 Å². The van der Waals surface area contributed by atoms with Gasteiger partial charge in [-0.05, 0) is 0 Å². The lowest BCUT2D eigenvalue weighted by Crippen LogP contribution is -2.19. The van der Waals surface area contributed by atoms with Crippen molar-refractivity contribution in [1.29, 1.82) is 5.26 Å². The SMILES string of the molecule is N#CCc1c(OC(F)(F)F)cc(N)nc1CN. The van der Waals surface area contributed by atoms with Crippen LogP contribution < -0.4 is 16.2 Å². The summed E-state index contributed by atoms with van der Waals surface area (Å²) in [6, 6.07) is 2.64. The first-order chi connectivity index (χ1) is 7.87. The number of nitrogens with zero attached hydrogens (tertiary/aromatic N) is 2. The van der Waals surface area contributed by atoms with E-state index < -0.39 is 12.1 Å². The maximum atomic E-state index is 12.1. The molecular formula is C9H9F3N4O. The number of nitrogens with two attached hydrogens (primary N) is 2. The van der Waals surface area contributed by atoms with Gasteiger partial charge in [-0.25, -0.2) is 4.98 Å². The Bertz CT molecular complexity index is 453. The van der Waals surface area contributed by atoms with Crippen LogP contribution in [0.3, 0.4) is 0 Å². The van der Waals surface area contributed by atoms with Gasteiger partial charge in [0.1, 0.15) is 11.6 Å². The average molecular weight is 246 g/mol. The Morgan fingerprint density at radius 1 is 1.47 bits per heavy atom. The maximum Gasteiger partial charge on any atom is 0.573 e. The van der Waals surface area contributed by atoms with E-state index in [1.807, 2.05) is 0 Å². The summed E-state index contributed by atoms with van der Waals surface area (Å²) >= 11 is 0.